The smallest absolute Gasteiger partial charge is 0.137 e. The lowest BCUT2D eigenvalue weighted by Gasteiger charge is -2.23. The Morgan fingerprint density at radius 3 is 2.76 bits per heavy atom. The van der Waals surface area contributed by atoms with Crippen LogP contribution in [0.5, 0.6) is 0 Å². The van der Waals surface area contributed by atoms with Crippen molar-refractivity contribution in [1.29, 1.82) is 0 Å². The monoisotopic (exact) mass is 290 g/mol. The van der Waals surface area contributed by atoms with Gasteiger partial charge in [0.2, 0.25) is 0 Å². The summed E-state index contributed by atoms with van der Waals surface area (Å²) in [5, 5.41) is 13.3. The molecule has 3 rings (SSSR count). The zero-order valence-corrected chi connectivity index (χ0v) is 13.3. The fraction of sp³-hybridized carbons (Fsp3) is 0.750. The number of hydrogen-bond acceptors (Lipinski definition) is 5. The van der Waals surface area contributed by atoms with Crippen molar-refractivity contribution in [2.24, 2.45) is 11.8 Å². The molecule has 0 radical (unpaired) electrons. The van der Waals surface area contributed by atoms with Crippen LogP contribution in [0.3, 0.4) is 0 Å². The van der Waals surface area contributed by atoms with E-state index in [0.29, 0.717) is 11.8 Å². The van der Waals surface area contributed by atoms with Crippen LogP contribution in [0.1, 0.15) is 37.6 Å². The predicted octanol–water partition coefficient (Wildman–Crippen LogP) is 1.99. The summed E-state index contributed by atoms with van der Waals surface area (Å²) < 4.78 is 0. The second-order valence-corrected chi connectivity index (χ2v) is 6.41. The molecule has 1 saturated heterocycles. The molecule has 5 heteroatoms. The number of aliphatic hydroxyl groups is 1. The van der Waals surface area contributed by atoms with Gasteiger partial charge in [-0.15, -0.1) is 0 Å². The van der Waals surface area contributed by atoms with Crippen molar-refractivity contribution in [1.82, 2.24) is 9.97 Å². The van der Waals surface area contributed by atoms with Gasteiger partial charge in [0.15, 0.2) is 0 Å². The number of aliphatic hydroxyl groups excluding tert-OH is 1. The van der Waals surface area contributed by atoms with E-state index in [9.17, 15) is 5.11 Å². The highest BCUT2D eigenvalue weighted by atomic mass is 16.3. The van der Waals surface area contributed by atoms with E-state index in [1.54, 1.807) is 0 Å². The molecule has 3 unspecified atom stereocenters. The van der Waals surface area contributed by atoms with Crippen LogP contribution in [-0.4, -0.2) is 41.3 Å². The number of aryl methyl sites for hydroxylation is 1. The van der Waals surface area contributed by atoms with Crippen molar-refractivity contribution >= 4 is 11.6 Å². The molecule has 2 fully saturated rings. The van der Waals surface area contributed by atoms with Crippen molar-refractivity contribution in [3.63, 3.8) is 0 Å². The maximum atomic E-state index is 10.1. The Bertz CT molecular complexity index is 519. The molecule has 1 aliphatic carbocycles. The van der Waals surface area contributed by atoms with Crippen LogP contribution in [0, 0.1) is 18.8 Å². The SMILES string of the molecule is CCCc1nc(NC)c(C)c(N2CC3CCC(O)C3C2)n1. The molecule has 0 aromatic carbocycles. The van der Waals surface area contributed by atoms with Gasteiger partial charge in [-0.05, 0) is 32.1 Å². The topological polar surface area (TPSA) is 61.3 Å². The maximum Gasteiger partial charge on any atom is 0.137 e. The highest BCUT2D eigenvalue weighted by molar-refractivity contribution is 5.59. The fourth-order valence-electron chi connectivity index (χ4n) is 3.85. The number of rotatable bonds is 4. The van der Waals surface area contributed by atoms with Gasteiger partial charge >= 0.3 is 0 Å². The average molecular weight is 290 g/mol. The number of fused-ring (bicyclic) bond motifs is 1. The fourth-order valence-corrected chi connectivity index (χ4v) is 3.85. The molecule has 1 aromatic rings. The first-order valence-corrected chi connectivity index (χ1v) is 8.12. The molecule has 0 amide bonds. The molecule has 1 aromatic heterocycles. The summed E-state index contributed by atoms with van der Waals surface area (Å²) in [5.41, 5.74) is 1.12. The minimum Gasteiger partial charge on any atom is -0.393 e. The second kappa shape index (κ2) is 5.79. The number of anilines is 2. The lowest BCUT2D eigenvalue weighted by Crippen LogP contribution is -2.26. The van der Waals surface area contributed by atoms with Crippen LogP contribution < -0.4 is 10.2 Å². The van der Waals surface area contributed by atoms with Crippen molar-refractivity contribution in [3.05, 3.63) is 11.4 Å². The summed E-state index contributed by atoms with van der Waals surface area (Å²) in [6, 6.07) is 0. The van der Waals surface area contributed by atoms with Gasteiger partial charge in [-0.1, -0.05) is 6.92 Å². The highest BCUT2D eigenvalue weighted by Gasteiger charge is 2.42. The molecule has 2 heterocycles. The van der Waals surface area contributed by atoms with Crippen LogP contribution in [0.2, 0.25) is 0 Å². The Kier molecular flexibility index (Phi) is 4.02. The van der Waals surface area contributed by atoms with Gasteiger partial charge < -0.3 is 15.3 Å². The molecule has 2 aliphatic rings. The van der Waals surface area contributed by atoms with Gasteiger partial charge in [0.1, 0.15) is 17.5 Å². The Morgan fingerprint density at radius 1 is 1.29 bits per heavy atom. The van der Waals surface area contributed by atoms with Crippen LogP contribution in [0.25, 0.3) is 0 Å². The van der Waals surface area contributed by atoms with E-state index in [1.165, 1.54) is 0 Å². The van der Waals surface area contributed by atoms with Gasteiger partial charge in [0.25, 0.3) is 0 Å². The van der Waals surface area contributed by atoms with Gasteiger partial charge in [-0.25, -0.2) is 9.97 Å². The number of aromatic nitrogens is 2. The van der Waals surface area contributed by atoms with Crippen molar-refractivity contribution < 1.29 is 5.11 Å². The predicted molar refractivity (Wildman–Crippen MR) is 84.7 cm³/mol. The van der Waals surface area contributed by atoms with E-state index in [0.717, 1.165) is 61.8 Å². The van der Waals surface area contributed by atoms with E-state index in [2.05, 4.69) is 29.0 Å². The Hall–Kier alpha value is -1.36. The molecule has 0 bridgehead atoms. The zero-order chi connectivity index (χ0) is 15.0. The Morgan fingerprint density at radius 2 is 2.10 bits per heavy atom. The van der Waals surface area contributed by atoms with Gasteiger partial charge in [0, 0.05) is 38.0 Å². The maximum absolute atomic E-state index is 10.1. The standard InChI is InChI=1S/C16H26N4O/c1-4-5-14-18-15(17-3)10(2)16(19-14)20-8-11-6-7-13(21)12(11)9-20/h11-13,21H,4-9H2,1-3H3,(H,17,18,19). The molecular formula is C16H26N4O. The van der Waals surface area contributed by atoms with Gasteiger partial charge in [-0.2, -0.15) is 0 Å². The molecule has 116 valence electrons. The third kappa shape index (κ3) is 2.59. The lowest BCUT2D eigenvalue weighted by molar-refractivity contribution is 0.133. The van der Waals surface area contributed by atoms with E-state index in [1.807, 2.05) is 7.05 Å². The number of nitrogens with one attached hydrogen (secondary N) is 1. The van der Waals surface area contributed by atoms with Crippen LogP contribution >= 0.6 is 0 Å². The summed E-state index contributed by atoms with van der Waals surface area (Å²) in [6.07, 6.45) is 3.95. The number of hydrogen-bond donors (Lipinski definition) is 2. The summed E-state index contributed by atoms with van der Waals surface area (Å²) in [5.74, 6) is 3.95. The second-order valence-electron chi connectivity index (χ2n) is 6.41. The lowest BCUT2D eigenvalue weighted by atomic mass is 10.00. The third-order valence-electron chi connectivity index (χ3n) is 5.00. The molecule has 21 heavy (non-hydrogen) atoms. The first kappa shape index (κ1) is 14.6. The summed E-state index contributed by atoms with van der Waals surface area (Å²) in [6.45, 7) is 6.19. The summed E-state index contributed by atoms with van der Waals surface area (Å²) >= 11 is 0. The van der Waals surface area contributed by atoms with Crippen LogP contribution in [0.4, 0.5) is 11.6 Å². The van der Waals surface area contributed by atoms with Crippen molar-refractivity contribution in [2.75, 3.05) is 30.4 Å². The van der Waals surface area contributed by atoms with E-state index >= 15 is 0 Å². The molecular weight excluding hydrogens is 264 g/mol. The van der Waals surface area contributed by atoms with E-state index in [-0.39, 0.29) is 6.10 Å². The quantitative estimate of drug-likeness (QED) is 0.888. The minimum absolute atomic E-state index is 0.124. The van der Waals surface area contributed by atoms with Crippen molar-refractivity contribution in [3.8, 4) is 0 Å². The Labute approximate surface area is 126 Å². The normalized spacial score (nSPS) is 28.0. The summed E-state index contributed by atoms with van der Waals surface area (Å²) in [4.78, 5) is 11.8. The average Bonchev–Trinajstić information content (AvgIpc) is 3.03. The van der Waals surface area contributed by atoms with Gasteiger partial charge in [0.05, 0.1) is 6.10 Å². The minimum atomic E-state index is -0.124. The first-order valence-electron chi connectivity index (χ1n) is 8.12. The van der Waals surface area contributed by atoms with Gasteiger partial charge in [-0.3, -0.25) is 0 Å². The molecule has 5 nitrogen and oxygen atoms in total. The summed E-state index contributed by atoms with van der Waals surface area (Å²) in [7, 11) is 1.91. The largest absolute Gasteiger partial charge is 0.393 e. The number of nitrogens with zero attached hydrogens (tertiary/aromatic N) is 3. The first-order chi connectivity index (χ1) is 10.1. The molecule has 0 spiro atoms. The van der Waals surface area contributed by atoms with Crippen LogP contribution in [0.15, 0.2) is 0 Å². The van der Waals surface area contributed by atoms with E-state index in [4.69, 9.17) is 4.98 Å². The highest BCUT2D eigenvalue weighted by Crippen LogP contribution is 2.40. The van der Waals surface area contributed by atoms with Crippen LogP contribution in [-0.2, 0) is 6.42 Å². The Balaban J connectivity index is 1.89. The molecule has 3 atom stereocenters. The molecule has 1 aliphatic heterocycles. The zero-order valence-electron chi connectivity index (χ0n) is 13.3. The van der Waals surface area contributed by atoms with E-state index < -0.39 is 0 Å². The van der Waals surface area contributed by atoms with Crippen molar-refractivity contribution in [2.45, 2.75) is 45.6 Å². The molecule has 1 saturated carbocycles. The molecule has 2 N–H and O–H groups in total. The third-order valence-corrected chi connectivity index (χ3v) is 5.00.